The summed E-state index contributed by atoms with van der Waals surface area (Å²) in [5.74, 6) is 0.514. The number of nitrogens with one attached hydrogen (secondary N) is 2. The number of rotatable bonds is 7. The van der Waals surface area contributed by atoms with E-state index in [-0.39, 0.29) is 29.9 Å². The number of benzene rings is 2. The van der Waals surface area contributed by atoms with Crippen LogP contribution in [0.3, 0.4) is 0 Å². The lowest BCUT2D eigenvalue weighted by Crippen LogP contribution is -2.50. The molecule has 4 rings (SSSR count). The molecule has 1 aliphatic heterocycles. The molecule has 3 aromatic rings. The molecule has 172 valence electrons. The van der Waals surface area contributed by atoms with Crippen molar-refractivity contribution in [2.75, 3.05) is 56.2 Å². The quantitative estimate of drug-likeness (QED) is 0.407. The zero-order valence-electron chi connectivity index (χ0n) is 18.3. The van der Waals surface area contributed by atoms with Gasteiger partial charge in [-0.1, -0.05) is 23.9 Å². The van der Waals surface area contributed by atoms with Crippen LogP contribution in [0.2, 0.25) is 0 Å². The molecule has 1 fully saturated rings. The molecule has 2 heterocycles. The van der Waals surface area contributed by atoms with Gasteiger partial charge in [0.25, 0.3) is 0 Å². The minimum Gasteiger partial charge on any atom is -0.372 e. The number of thioether (sulfide) groups is 1. The number of hydrogen-bond donors (Lipinski definition) is 2. The highest BCUT2D eigenvalue weighted by molar-refractivity contribution is 7.99. The van der Waals surface area contributed by atoms with Gasteiger partial charge in [-0.25, -0.2) is 14.4 Å². The van der Waals surface area contributed by atoms with Crippen molar-refractivity contribution in [3.63, 3.8) is 0 Å². The maximum Gasteiger partial charge on any atom is 0.238 e. The SMILES string of the molecule is CNc1nc(SCC(=O)N2CCN(CC(=O)Nc3ccc(F)cc3)CC2)nc2ccccc12. The van der Waals surface area contributed by atoms with Crippen LogP contribution in [0.1, 0.15) is 0 Å². The summed E-state index contributed by atoms with van der Waals surface area (Å²) in [6.07, 6.45) is 0. The summed E-state index contributed by atoms with van der Waals surface area (Å²) in [6.45, 7) is 2.58. The van der Waals surface area contributed by atoms with Crippen molar-refractivity contribution in [1.29, 1.82) is 0 Å². The van der Waals surface area contributed by atoms with Crippen LogP contribution in [0.25, 0.3) is 10.9 Å². The Morgan fingerprint density at radius 2 is 1.76 bits per heavy atom. The van der Waals surface area contributed by atoms with Gasteiger partial charge in [-0.2, -0.15) is 0 Å². The first-order valence-electron chi connectivity index (χ1n) is 10.6. The summed E-state index contributed by atoms with van der Waals surface area (Å²) in [5.41, 5.74) is 1.39. The minimum atomic E-state index is -0.346. The van der Waals surface area contributed by atoms with Crippen LogP contribution in [-0.2, 0) is 9.59 Å². The van der Waals surface area contributed by atoms with E-state index in [1.54, 1.807) is 4.90 Å². The van der Waals surface area contributed by atoms with E-state index in [2.05, 4.69) is 20.6 Å². The molecule has 0 bridgehead atoms. The molecule has 8 nitrogen and oxygen atoms in total. The standard InChI is InChI=1S/C23H25FN6O2S/c1-25-22-18-4-2-3-5-19(18)27-23(28-22)33-15-21(32)30-12-10-29(11-13-30)14-20(31)26-17-8-6-16(24)7-9-17/h2-9H,10-15H2,1H3,(H,26,31)(H,25,27,28). The Balaban J connectivity index is 1.24. The normalized spacial score (nSPS) is 14.3. The van der Waals surface area contributed by atoms with Gasteiger partial charge in [0.15, 0.2) is 5.16 Å². The molecule has 2 N–H and O–H groups in total. The Labute approximate surface area is 195 Å². The molecule has 1 saturated heterocycles. The second-order valence-corrected chi connectivity index (χ2v) is 8.57. The highest BCUT2D eigenvalue weighted by Gasteiger charge is 2.23. The van der Waals surface area contributed by atoms with Gasteiger partial charge in [0.05, 0.1) is 17.8 Å². The first kappa shape index (κ1) is 22.9. The molecule has 10 heteroatoms. The first-order chi connectivity index (χ1) is 16.0. The van der Waals surface area contributed by atoms with Gasteiger partial charge in [-0.15, -0.1) is 0 Å². The Hall–Kier alpha value is -3.24. The van der Waals surface area contributed by atoms with E-state index < -0.39 is 0 Å². The molecule has 0 aliphatic carbocycles. The van der Waals surface area contributed by atoms with Crippen molar-refractivity contribution in [3.8, 4) is 0 Å². The zero-order chi connectivity index (χ0) is 23.2. The Morgan fingerprint density at radius 1 is 1.03 bits per heavy atom. The zero-order valence-corrected chi connectivity index (χ0v) is 19.1. The van der Waals surface area contributed by atoms with Crippen LogP contribution < -0.4 is 10.6 Å². The van der Waals surface area contributed by atoms with Gasteiger partial charge in [0, 0.05) is 44.3 Å². The van der Waals surface area contributed by atoms with Crippen LogP contribution in [0.4, 0.5) is 15.9 Å². The van der Waals surface area contributed by atoms with Crippen molar-refractivity contribution in [1.82, 2.24) is 19.8 Å². The number of amides is 2. The second kappa shape index (κ2) is 10.6. The number of para-hydroxylation sites is 1. The van der Waals surface area contributed by atoms with E-state index in [0.29, 0.717) is 37.0 Å². The van der Waals surface area contributed by atoms with E-state index in [9.17, 15) is 14.0 Å². The molecule has 33 heavy (non-hydrogen) atoms. The molecule has 2 aromatic carbocycles. The molecule has 1 aromatic heterocycles. The molecule has 0 radical (unpaired) electrons. The fourth-order valence-electron chi connectivity index (χ4n) is 3.62. The summed E-state index contributed by atoms with van der Waals surface area (Å²) in [4.78, 5) is 37.8. The van der Waals surface area contributed by atoms with Crippen LogP contribution in [0.15, 0.2) is 53.7 Å². The van der Waals surface area contributed by atoms with Crippen molar-refractivity contribution >= 4 is 46.0 Å². The predicted molar refractivity (Wildman–Crippen MR) is 128 cm³/mol. The number of nitrogens with zero attached hydrogens (tertiary/aromatic N) is 4. The number of halogens is 1. The molecular weight excluding hydrogens is 443 g/mol. The third-order valence-corrected chi connectivity index (χ3v) is 6.20. The predicted octanol–water partition coefficient (Wildman–Crippen LogP) is 2.69. The fraction of sp³-hybridized carbons (Fsp3) is 0.304. The molecule has 1 aliphatic rings. The molecule has 0 saturated carbocycles. The monoisotopic (exact) mass is 468 g/mol. The maximum absolute atomic E-state index is 13.0. The number of piperazine rings is 1. The van der Waals surface area contributed by atoms with E-state index in [4.69, 9.17) is 0 Å². The third-order valence-electron chi connectivity index (χ3n) is 5.36. The van der Waals surface area contributed by atoms with Crippen LogP contribution in [-0.4, -0.2) is 77.1 Å². The number of carbonyl (C=O) groups excluding carboxylic acids is 2. The Kier molecular flexibility index (Phi) is 7.36. The average Bonchev–Trinajstić information content (AvgIpc) is 2.83. The topological polar surface area (TPSA) is 90.5 Å². The number of hydrogen-bond acceptors (Lipinski definition) is 7. The number of aromatic nitrogens is 2. The maximum atomic E-state index is 13.0. The molecule has 0 unspecified atom stereocenters. The van der Waals surface area contributed by atoms with Gasteiger partial charge in [0.2, 0.25) is 11.8 Å². The number of anilines is 2. The van der Waals surface area contributed by atoms with E-state index >= 15 is 0 Å². The van der Waals surface area contributed by atoms with Crippen LogP contribution in [0, 0.1) is 5.82 Å². The summed E-state index contributed by atoms with van der Waals surface area (Å²) in [5, 5.41) is 7.34. The summed E-state index contributed by atoms with van der Waals surface area (Å²) in [6, 6.07) is 13.4. The van der Waals surface area contributed by atoms with Gasteiger partial charge >= 0.3 is 0 Å². The Bertz CT molecular complexity index is 1140. The van der Waals surface area contributed by atoms with Crippen molar-refractivity contribution < 1.29 is 14.0 Å². The highest BCUT2D eigenvalue weighted by Crippen LogP contribution is 2.24. The summed E-state index contributed by atoms with van der Waals surface area (Å²) < 4.78 is 13.0. The van der Waals surface area contributed by atoms with Crippen LogP contribution >= 0.6 is 11.8 Å². The fourth-order valence-corrected chi connectivity index (χ4v) is 4.37. The molecule has 0 spiro atoms. The highest BCUT2D eigenvalue weighted by atomic mass is 32.2. The number of carbonyl (C=O) groups is 2. The van der Waals surface area contributed by atoms with E-state index in [0.717, 1.165) is 16.7 Å². The lowest BCUT2D eigenvalue weighted by molar-refractivity contribution is -0.130. The minimum absolute atomic E-state index is 0.0261. The molecular formula is C23H25FN6O2S. The van der Waals surface area contributed by atoms with Gasteiger partial charge in [-0.05, 0) is 36.4 Å². The summed E-state index contributed by atoms with van der Waals surface area (Å²) >= 11 is 1.32. The van der Waals surface area contributed by atoms with Crippen molar-refractivity contribution in [2.24, 2.45) is 0 Å². The summed E-state index contributed by atoms with van der Waals surface area (Å²) in [7, 11) is 1.81. The van der Waals surface area contributed by atoms with Crippen molar-refractivity contribution in [2.45, 2.75) is 5.16 Å². The Morgan fingerprint density at radius 3 is 2.48 bits per heavy atom. The molecule has 0 atom stereocenters. The van der Waals surface area contributed by atoms with Crippen LogP contribution in [0.5, 0.6) is 0 Å². The second-order valence-electron chi connectivity index (χ2n) is 7.62. The van der Waals surface area contributed by atoms with Crippen molar-refractivity contribution in [3.05, 3.63) is 54.3 Å². The lowest BCUT2D eigenvalue weighted by Gasteiger charge is -2.34. The van der Waals surface area contributed by atoms with E-state index in [1.165, 1.54) is 36.0 Å². The lowest BCUT2D eigenvalue weighted by atomic mass is 10.2. The third kappa shape index (κ3) is 5.96. The first-order valence-corrected chi connectivity index (χ1v) is 11.6. The van der Waals surface area contributed by atoms with Gasteiger partial charge in [-0.3, -0.25) is 14.5 Å². The largest absolute Gasteiger partial charge is 0.372 e. The van der Waals surface area contributed by atoms with Gasteiger partial charge < -0.3 is 15.5 Å². The van der Waals surface area contributed by atoms with Gasteiger partial charge in [0.1, 0.15) is 11.6 Å². The molecule has 2 amide bonds. The average molecular weight is 469 g/mol. The van der Waals surface area contributed by atoms with E-state index in [1.807, 2.05) is 36.2 Å². The smallest absolute Gasteiger partial charge is 0.238 e. The number of fused-ring (bicyclic) bond motifs is 1.